The second-order valence-corrected chi connectivity index (χ2v) is 7.60. The Labute approximate surface area is 185 Å². The summed E-state index contributed by atoms with van der Waals surface area (Å²) in [5, 5.41) is 12.8. The highest BCUT2D eigenvalue weighted by Gasteiger charge is 2.31. The van der Waals surface area contributed by atoms with E-state index in [0.29, 0.717) is 49.4 Å². The number of hydrogen-bond acceptors (Lipinski definition) is 7. The van der Waals surface area contributed by atoms with E-state index in [0.717, 1.165) is 11.4 Å². The van der Waals surface area contributed by atoms with Gasteiger partial charge in [-0.25, -0.2) is 9.97 Å². The summed E-state index contributed by atoms with van der Waals surface area (Å²) in [6.45, 7) is 5.15. The summed E-state index contributed by atoms with van der Waals surface area (Å²) in [5.41, 5.74) is 1.83. The van der Waals surface area contributed by atoms with Crippen LogP contribution in [0.15, 0.2) is 60.9 Å². The molecule has 0 N–H and O–H groups in total. The van der Waals surface area contributed by atoms with Gasteiger partial charge in [-0.3, -0.25) is 10.1 Å². The molecule has 1 aliphatic rings. The van der Waals surface area contributed by atoms with Crippen LogP contribution in [0.4, 0.5) is 28.7 Å². The summed E-state index contributed by atoms with van der Waals surface area (Å²) in [6.07, 6.45) is 1.41. The van der Waals surface area contributed by atoms with Crippen molar-refractivity contribution in [2.24, 2.45) is 0 Å². The number of nitrogens with zero attached hydrogens (tertiary/aromatic N) is 6. The van der Waals surface area contributed by atoms with Crippen molar-refractivity contribution in [3.63, 3.8) is 0 Å². The molecular formula is C22H23ClN6O2. The smallest absolute Gasteiger partial charge is 0.353 e. The normalized spacial score (nSPS) is 13.9. The van der Waals surface area contributed by atoms with E-state index in [2.05, 4.69) is 14.9 Å². The summed E-state index contributed by atoms with van der Waals surface area (Å²) in [5.74, 6) is 0.663. The number of piperazine rings is 1. The Morgan fingerprint density at radius 1 is 1.03 bits per heavy atom. The molecule has 0 spiro atoms. The maximum absolute atomic E-state index is 12.1. The number of halogens is 1. The lowest BCUT2D eigenvalue weighted by molar-refractivity contribution is -0.383. The van der Waals surface area contributed by atoms with E-state index in [-0.39, 0.29) is 10.6 Å². The first-order chi connectivity index (χ1) is 15.1. The molecule has 1 aromatic heterocycles. The van der Waals surface area contributed by atoms with Gasteiger partial charge in [-0.05, 0) is 37.3 Å². The lowest BCUT2D eigenvalue weighted by Gasteiger charge is -2.36. The Bertz CT molecular complexity index is 1060. The summed E-state index contributed by atoms with van der Waals surface area (Å²) in [6, 6.07) is 17.3. The number of para-hydroxylation sites is 1. The number of rotatable bonds is 6. The minimum absolute atomic E-state index is 0.0654. The molecular weight excluding hydrogens is 416 g/mol. The molecule has 1 saturated heterocycles. The number of anilines is 4. The molecule has 9 heteroatoms. The van der Waals surface area contributed by atoms with E-state index in [4.69, 9.17) is 11.6 Å². The Kier molecular flexibility index (Phi) is 6.18. The minimum atomic E-state index is -0.375. The minimum Gasteiger partial charge on any atom is -0.368 e. The van der Waals surface area contributed by atoms with Crippen LogP contribution in [0.25, 0.3) is 0 Å². The first kappa shape index (κ1) is 20.9. The third kappa shape index (κ3) is 4.39. The van der Waals surface area contributed by atoms with Gasteiger partial charge in [-0.2, -0.15) is 0 Å². The summed E-state index contributed by atoms with van der Waals surface area (Å²) < 4.78 is 0. The van der Waals surface area contributed by atoms with E-state index < -0.39 is 0 Å². The van der Waals surface area contributed by atoms with Crippen molar-refractivity contribution < 1.29 is 4.92 Å². The molecule has 3 aromatic rings. The predicted molar refractivity (Wildman–Crippen MR) is 124 cm³/mol. The molecule has 0 amide bonds. The molecule has 0 aliphatic carbocycles. The molecule has 0 unspecified atom stereocenters. The average Bonchev–Trinajstić information content (AvgIpc) is 2.80. The SMILES string of the molecule is CCN(c1ccccc1)c1ncnc(N2CCN(c3cccc(Cl)c3)CC2)c1[N+](=O)[O-]. The van der Waals surface area contributed by atoms with Crippen molar-refractivity contribution in [1.82, 2.24) is 9.97 Å². The molecule has 0 bridgehead atoms. The fourth-order valence-corrected chi connectivity index (χ4v) is 4.05. The second kappa shape index (κ2) is 9.18. The molecule has 160 valence electrons. The Morgan fingerprint density at radius 2 is 1.74 bits per heavy atom. The van der Waals surface area contributed by atoms with Crippen LogP contribution in [0.2, 0.25) is 5.02 Å². The highest BCUT2D eigenvalue weighted by atomic mass is 35.5. The summed E-state index contributed by atoms with van der Waals surface area (Å²) in [7, 11) is 0. The maximum atomic E-state index is 12.1. The zero-order valence-corrected chi connectivity index (χ0v) is 17.9. The molecule has 2 heterocycles. The highest BCUT2D eigenvalue weighted by Crippen LogP contribution is 2.37. The average molecular weight is 439 g/mol. The van der Waals surface area contributed by atoms with Gasteiger partial charge in [-0.15, -0.1) is 0 Å². The van der Waals surface area contributed by atoms with Gasteiger partial charge in [0, 0.05) is 49.1 Å². The van der Waals surface area contributed by atoms with Crippen LogP contribution in [-0.2, 0) is 0 Å². The fourth-order valence-electron chi connectivity index (χ4n) is 3.86. The second-order valence-electron chi connectivity index (χ2n) is 7.16. The third-order valence-electron chi connectivity index (χ3n) is 5.36. The van der Waals surface area contributed by atoms with Crippen molar-refractivity contribution >= 4 is 40.3 Å². The Hall–Kier alpha value is -3.39. The van der Waals surface area contributed by atoms with Crippen LogP contribution in [0.1, 0.15) is 6.92 Å². The van der Waals surface area contributed by atoms with E-state index in [1.54, 1.807) is 0 Å². The number of nitro groups is 1. The van der Waals surface area contributed by atoms with Crippen LogP contribution in [0, 0.1) is 10.1 Å². The van der Waals surface area contributed by atoms with E-state index in [9.17, 15) is 10.1 Å². The molecule has 1 fully saturated rings. The first-order valence-electron chi connectivity index (χ1n) is 10.2. The lowest BCUT2D eigenvalue weighted by atomic mass is 10.2. The number of aromatic nitrogens is 2. The zero-order valence-electron chi connectivity index (χ0n) is 17.2. The zero-order chi connectivity index (χ0) is 21.8. The first-order valence-corrected chi connectivity index (χ1v) is 10.5. The quantitative estimate of drug-likeness (QED) is 0.413. The van der Waals surface area contributed by atoms with E-state index >= 15 is 0 Å². The van der Waals surface area contributed by atoms with Crippen molar-refractivity contribution in [3.05, 3.63) is 76.1 Å². The van der Waals surface area contributed by atoms with E-state index in [1.807, 2.05) is 71.3 Å². The molecule has 0 atom stereocenters. The third-order valence-corrected chi connectivity index (χ3v) is 5.59. The van der Waals surface area contributed by atoms with Gasteiger partial charge in [0.05, 0.1) is 4.92 Å². The molecule has 2 aromatic carbocycles. The van der Waals surface area contributed by atoms with Crippen LogP contribution >= 0.6 is 11.6 Å². The molecule has 0 saturated carbocycles. The van der Waals surface area contributed by atoms with Crippen LogP contribution in [-0.4, -0.2) is 47.6 Å². The number of benzene rings is 2. The standard InChI is InChI=1S/C22H23ClN6O2/c1-2-28(18-8-4-3-5-9-18)22-20(29(30)31)21(24-16-25-22)27-13-11-26(12-14-27)19-10-6-7-17(23)15-19/h3-10,15-16H,2,11-14H2,1H3. The molecule has 31 heavy (non-hydrogen) atoms. The van der Waals surface area contributed by atoms with Gasteiger partial charge in [0.2, 0.25) is 11.6 Å². The molecule has 0 radical (unpaired) electrons. The van der Waals surface area contributed by atoms with Crippen molar-refractivity contribution in [2.45, 2.75) is 6.92 Å². The largest absolute Gasteiger partial charge is 0.368 e. The Balaban J connectivity index is 1.62. The van der Waals surface area contributed by atoms with Gasteiger partial charge in [-0.1, -0.05) is 35.9 Å². The Morgan fingerprint density at radius 3 is 2.39 bits per heavy atom. The van der Waals surface area contributed by atoms with Gasteiger partial charge < -0.3 is 14.7 Å². The van der Waals surface area contributed by atoms with Gasteiger partial charge in [0.25, 0.3) is 0 Å². The summed E-state index contributed by atoms with van der Waals surface area (Å²) in [4.78, 5) is 26.4. The van der Waals surface area contributed by atoms with Crippen molar-refractivity contribution in [2.75, 3.05) is 47.4 Å². The molecule has 4 rings (SSSR count). The van der Waals surface area contributed by atoms with Gasteiger partial charge >= 0.3 is 5.69 Å². The van der Waals surface area contributed by atoms with Crippen molar-refractivity contribution in [3.8, 4) is 0 Å². The molecule has 8 nitrogen and oxygen atoms in total. The topological polar surface area (TPSA) is 78.6 Å². The number of hydrogen-bond donors (Lipinski definition) is 0. The molecule has 1 aliphatic heterocycles. The lowest BCUT2D eigenvalue weighted by Crippen LogP contribution is -2.47. The van der Waals surface area contributed by atoms with Gasteiger partial charge in [0.15, 0.2) is 0 Å². The van der Waals surface area contributed by atoms with Gasteiger partial charge in [0.1, 0.15) is 6.33 Å². The van der Waals surface area contributed by atoms with Crippen molar-refractivity contribution in [1.29, 1.82) is 0 Å². The summed E-state index contributed by atoms with van der Waals surface area (Å²) >= 11 is 6.12. The monoisotopic (exact) mass is 438 g/mol. The maximum Gasteiger partial charge on any atom is 0.353 e. The van der Waals surface area contributed by atoms with Crippen LogP contribution < -0.4 is 14.7 Å². The fraction of sp³-hybridized carbons (Fsp3) is 0.273. The highest BCUT2D eigenvalue weighted by molar-refractivity contribution is 6.30. The van der Waals surface area contributed by atoms with Crippen LogP contribution in [0.3, 0.4) is 0 Å². The predicted octanol–water partition coefficient (Wildman–Crippen LogP) is 4.52. The van der Waals surface area contributed by atoms with E-state index in [1.165, 1.54) is 6.33 Å². The van der Waals surface area contributed by atoms with Crippen LogP contribution in [0.5, 0.6) is 0 Å².